The number of amides is 2. The number of benzene rings is 4. The van der Waals surface area contributed by atoms with Crippen molar-refractivity contribution in [2.75, 3.05) is 4.90 Å². The standard InChI is InChI=1S/C29H22ClFN2O2S/c1-18(19-7-3-2-4-8-19)32-28(34)20-12-14-27-25(15-20)33(17-21-11-13-22(31)16-24(21)30)29(35)23-9-5-6-10-26(23)36-27/h2-16,18H,17H2,1H3,(H,32,34)/t18-/m0/s1. The first kappa shape index (κ1) is 24.1. The molecule has 1 N–H and O–H groups in total. The van der Waals surface area contributed by atoms with Crippen LogP contribution in [-0.4, -0.2) is 11.8 Å². The van der Waals surface area contributed by atoms with Gasteiger partial charge in [0.2, 0.25) is 0 Å². The van der Waals surface area contributed by atoms with E-state index in [2.05, 4.69) is 5.32 Å². The van der Waals surface area contributed by atoms with Gasteiger partial charge in [0.25, 0.3) is 11.8 Å². The first-order chi connectivity index (χ1) is 17.4. The third-order valence-electron chi connectivity index (χ3n) is 6.09. The van der Waals surface area contributed by atoms with Crippen molar-refractivity contribution in [1.29, 1.82) is 0 Å². The lowest BCUT2D eigenvalue weighted by Gasteiger charge is -2.24. The van der Waals surface area contributed by atoms with Gasteiger partial charge in [-0.3, -0.25) is 9.59 Å². The highest BCUT2D eigenvalue weighted by Gasteiger charge is 2.29. The number of hydrogen-bond acceptors (Lipinski definition) is 3. The van der Waals surface area contributed by atoms with E-state index in [0.29, 0.717) is 22.4 Å². The number of carbonyl (C=O) groups is 2. The van der Waals surface area contributed by atoms with E-state index in [0.717, 1.165) is 15.4 Å². The van der Waals surface area contributed by atoms with E-state index in [4.69, 9.17) is 11.6 Å². The van der Waals surface area contributed by atoms with Crippen molar-refractivity contribution in [3.05, 3.63) is 124 Å². The highest BCUT2D eigenvalue weighted by Crippen LogP contribution is 2.42. The smallest absolute Gasteiger partial charge is 0.259 e. The number of anilines is 1. The number of nitrogens with one attached hydrogen (secondary N) is 1. The van der Waals surface area contributed by atoms with E-state index in [-0.39, 0.29) is 29.4 Å². The first-order valence-corrected chi connectivity index (χ1v) is 12.6. The van der Waals surface area contributed by atoms with Gasteiger partial charge in [-0.2, -0.15) is 0 Å². The van der Waals surface area contributed by atoms with Crippen molar-refractivity contribution in [1.82, 2.24) is 5.32 Å². The zero-order chi connectivity index (χ0) is 25.2. The van der Waals surface area contributed by atoms with Gasteiger partial charge in [-0.1, -0.05) is 71.9 Å². The summed E-state index contributed by atoms with van der Waals surface area (Å²) in [5.74, 6) is -0.903. The molecule has 0 radical (unpaired) electrons. The number of nitrogens with zero attached hydrogens (tertiary/aromatic N) is 1. The highest BCUT2D eigenvalue weighted by molar-refractivity contribution is 7.99. The molecule has 36 heavy (non-hydrogen) atoms. The summed E-state index contributed by atoms with van der Waals surface area (Å²) < 4.78 is 13.7. The molecule has 1 aliphatic rings. The minimum absolute atomic E-state index is 0.130. The van der Waals surface area contributed by atoms with Crippen LogP contribution < -0.4 is 10.2 Å². The van der Waals surface area contributed by atoms with Crippen LogP contribution in [0.4, 0.5) is 10.1 Å². The van der Waals surface area contributed by atoms with Crippen molar-refractivity contribution in [3.63, 3.8) is 0 Å². The van der Waals surface area contributed by atoms with Gasteiger partial charge in [0.05, 0.1) is 23.8 Å². The molecule has 7 heteroatoms. The summed E-state index contributed by atoms with van der Waals surface area (Å²) in [6.07, 6.45) is 0. The number of fused-ring (bicyclic) bond motifs is 2. The summed E-state index contributed by atoms with van der Waals surface area (Å²) in [7, 11) is 0. The van der Waals surface area contributed by atoms with Gasteiger partial charge in [0, 0.05) is 20.4 Å². The van der Waals surface area contributed by atoms with Gasteiger partial charge in [0.1, 0.15) is 5.82 Å². The molecule has 0 bridgehead atoms. The second-order valence-electron chi connectivity index (χ2n) is 8.51. The van der Waals surface area contributed by atoms with Crippen molar-refractivity contribution >= 4 is 40.9 Å². The van der Waals surface area contributed by atoms with Crippen LogP contribution in [0.2, 0.25) is 5.02 Å². The Morgan fingerprint density at radius 2 is 1.72 bits per heavy atom. The first-order valence-electron chi connectivity index (χ1n) is 11.4. The van der Waals surface area contributed by atoms with Crippen LogP contribution in [0.25, 0.3) is 0 Å². The van der Waals surface area contributed by atoms with Gasteiger partial charge in [-0.25, -0.2) is 4.39 Å². The van der Waals surface area contributed by atoms with Crippen LogP contribution in [0.3, 0.4) is 0 Å². The van der Waals surface area contributed by atoms with Crippen molar-refractivity contribution in [2.24, 2.45) is 0 Å². The zero-order valence-corrected chi connectivity index (χ0v) is 20.9. The average Bonchev–Trinajstić information content (AvgIpc) is 3.00. The number of rotatable bonds is 5. The molecule has 2 amide bonds. The highest BCUT2D eigenvalue weighted by atomic mass is 35.5. The largest absolute Gasteiger partial charge is 0.346 e. The molecule has 1 heterocycles. The monoisotopic (exact) mass is 516 g/mol. The molecule has 0 unspecified atom stereocenters. The molecule has 4 nitrogen and oxygen atoms in total. The molecule has 1 atom stereocenters. The van der Waals surface area contributed by atoms with Crippen molar-refractivity contribution in [3.8, 4) is 0 Å². The Labute approximate surface area is 218 Å². The number of hydrogen-bond donors (Lipinski definition) is 1. The third-order valence-corrected chi connectivity index (χ3v) is 7.58. The van der Waals surface area contributed by atoms with Gasteiger partial charge in [0.15, 0.2) is 0 Å². The summed E-state index contributed by atoms with van der Waals surface area (Å²) in [6, 6.07) is 26.4. The number of halogens is 2. The van der Waals surface area contributed by atoms with E-state index < -0.39 is 5.82 Å². The molecule has 180 valence electrons. The van der Waals surface area contributed by atoms with Crippen LogP contribution in [-0.2, 0) is 6.54 Å². The van der Waals surface area contributed by atoms with Gasteiger partial charge >= 0.3 is 0 Å². The SMILES string of the molecule is C[C@H](NC(=O)c1ccc2c(c1)N(Cc1ccc(F)cc1Cl)C(=O)c1ccccc1S2)c1ccccc1. The molecular formula is C29H22ClFN2O2S. The quantitative estimate of drug-likeness (QED) is 0.303. The van der Waals surface area contributed by atoms with Crippen LogP contribution in [0.1, 0.15) is 44.8 Å². The van der Waals surface area contributed by atoms with Crippen LogP contribution in [0, 0.1) is 5.82 Å². The predicted octanol–water partition coefficient (Wildman–Crippen LogP) is 7.28. The molecule has 4 aromatic carbocycles. The molecular weight excluding hydrogens is 495 g/mol. The summed E-state index contributed by atoms with van der Waals surface area (Å²) in [4.78, 5) is 30.2. The van der Waals surface area contributed by atoms with Crippen molar-refractivity contribution in [2.45, 2.75) is 29.3 Å². The molecule has 0 aromatic heterocycles. The van der Waals surface area contributed by atoms with E-state index in [9.17, 15) is 14.0 Å². The minimum atomic E-state index is -0.446. The molecule has 0 fully saturated rings. The van der Waals surface area contributed by atoms with E-state index in [1.807, 2.05) is 61.5 Å². The Balaban J connectivity index is 1.53. The summed E-state index contributed by atoms with van der Waals surface area (Å²) in [6.45, 7) is 2.06. The van der Waals surface area contributed by atoms with E-state index in [1.165, 1.54) is 23.9 Å². The summed E-state index contributed by atoms with van der Waals surface area (Å²) in [5, 5.41) is 3.27. The number of carbonyl (C=O) groups excluding carboxylic acids is 2. The van der Waals surface area contributed by atoms with Crippen LogP contribution >= 0.6 is 23.4 Å². The Bertz CT molecular complexity index is 1460. The molecule has 0 aliphatic carbocycles. The lowest BCUT2D eigenvalue weighted by atomic mass is 10.1. The third kappa shape index (κ3) is 4.87. The Kier molecular flexibility index (Phi) is 6.81. The second-order valence-corrected chi connectivity index (χ2v) is 10.0. The fourth-order valence-corrected chi connectivity index (χ4v) is 5.43. The molecule has 5 rings (SSSR count). The molecule has 1 aliphatic heterocycles. The average molecular weight is 517 g/mol. The Morgan fingerprint density at radius 3 is 2.50 bits per heavy atom. The fourth-order valence-electron chi connectivity index (χ4n) is 4.14. The molecule has 0 saturated carbocycles. The zero-order valence-electron chi connectivity index (χ0n) is 19.4. The minimum Gasteiger partial charge on any atom is -0.346 e. The molecule has 0 spiro atoms. The fraction of sp³-hybridized carbons (Fsp3) is 0.103. The molecule has 4 aromatic rings. The van der Waals surface area contributed by atoms with Gasteiger partial charge < -0.3 is 10.2 Å². The Hall–Kier alpha value is -3.61. The van der Waals surface area contributed by atoms with Crippen LogP contribution in [0.5, 0.6) is 0 Å². The maximum Gasteiger partial charge on any atom is 0.259 e. The maximum atomic E-state index is 13.7. The topological polar surface area (TPSA) is 49.4 Å². The molecule has 0 saturated heterocycles. The van der Waals surface area contributed by atoms with Gasteiger partial charge in [-0.05, 0) is 60.5 Å². The summed E-state index contributed by atoms with van der Waals surface area (Å²) in [5.41, 5.74) is 3.19. The lowest BCUT2D eigenvalue weighted by Crippen LogP contribution is -2.31. The predicted molar refractivity (Wildman–Crippen MR) is 141 cm³/mol. The van der Waals surface area contributed by atoms with Crippen molar-refractivity contribution < 1.29 is 14.0 Å². The normalized spacial score (nSPS) is 13.4. The lowest BCUT2D eigenvalue weighted by molar-refractivity contribution is 0.0937. The van der Waals surface area contributed by atoms with E-state index >= 15 is 0 Å². The summed E-state index contributed by atoms with van der Waals surface area (Å²) >= 11 is 7.79. The Morgan fingerprint density at radius 1 is 0.972 bits per heavy atom. The van der Waals surface area contributed by atoms with E-state index in [1.54, 1.807) is 29.2 Å². The maximum absolute atomic E-state index is 13.7. The van der Waals surface area contributed by atoms with Gasteiger partial charge in [-0.15, -0.1) is 0 Å². The second kappa shape index (κ2) is 10.2. The van der Waals surface area contributed by atoms with Crippen LogP contribution in [0.15, 0.2) is 101 Å².